The van der Waals surface area contributed by atoms with Crippen molar-refractivity contribution in [3.63, 3.8) is 0 Å². The van der Waals surface area contributed by atoms with Crippen LogP contribution >= 0.6 is 0 Å². The normalized spacial score (nSPS) is 8.21. The van der Waals surface area contributed by atoms with Gasteiger partial charge in [-0.2, -0.15) is 0 Å². The number of phenols is 1. The molecule has 2 N–H and O–H groups in total. The second kappa shape index (κ2) is 15.3. The molecule has 0 saturated carbocycles. The maximum atomic E-state index is 11.9. The lowest BCUT2D eigenvalue weighted by molar-refractivity contribution is -0.136. The Morgan fingerprint density at radius 3 is 1.67 bits per heavy atom. The monoisotopic (exact) mass is 332 g/mol. The topological polar surface area (TPSA) is 74.6 Å². The van der Waals surface area contributed by atoms with Gasteiger partial charge in [0.15, 0.2) is 5.78 Å². The van der Waals surface area contributed by atoms with Crippen LogP contribution in [0, 0.1) is 0 Å². The van der Waals surface area contributed by atoms with Crippen molar-refractivity contribution in [2.75, 3.05) is 0 Å². The number of para-hydroxylation sites is 1. The summed E-state index contributed by atoms with van der Waals surface area (Å²) in [6, 6.07) is 15.5. The number of benzene rings is 2. The predicted octanol–water partition coefficient (Wildman–Crippen LogP) is 5.16. The molecule has 4 heteroatoms. The standard InChI is InChI=1S/C13H10O2.C3H6O2.2C2H6/c14-12-9-5-4-8-11(12)13(15)10-6-2-1-3-7-10;1-2-3(4)5;2*1-2/h1-9,14H;2H2,1H3,(H,4,5);2*1-2H3. The van der Waals surface area contributed by atoms with E-state index in [4.69, 9.17) is 5.11 Å². The number of phenolic OH excluding ortho intramolecular Hbond substituents is 1. The van der Waals surface area contributed by atoms with Gasteiger partial charge in [-0.1, -0.05) is 77.1 Å². The highest BCUT2D eigenvalue weighted by Crippen LogP contribution is 2.19. The second-order valence-corrected chi connectivity index (χ2v) is 3.96. The van der Waals surface area contributed by atoms with Gasteiger partial charge in [-0.15, -0.1) is 0 Å². The highest BCUT2D eigenvalue weighted by molar-refractivity contribution is 6.10. The molecule has 24 heavy (non-hydrogen) atoms. The van der Waals surface area contributed by atoms with Crippen LogP contribution in [0.15, 0.2) is 54.6 Å². The van der Waals surface area contributed by atoms with E-state index in [1.165, 1.54) is 6.07 Å². The van der Waals surface area contributed by atoms with Crippen molar-refractivity contribution in [2.24, 2.45) is 0 Å². The van der Waals surface area contributed by atoms with Crippen molar-refractivity contribution in [3.8, 4) is 5.75 Å². The first-order valence-electron chi connectivity index (χ1n) is 8.15. The SMILES string of the molecule is CC.CC.CCC(=O)O.O=C(c1ccccc1)c1ccccc1O. The van der Waals surface area contributed by atoms with E-state index in [9.17, 15) is 14.7 Å². The fourth-order valence-electron chi connectivity index (χ4n) is 1.41. The maximum Gasteiger partial charge on any atom is 0.303 e. The molecular weight excluding hydrogens is 304 g/mol. The minimum Gasteiger partial charge on any atom is -0.507 e. The van der Waals surface area contributed by atoms with Crippen LogP contribution in [-0.2, 0) is 4.79 Å². The number of ketones is 1. The number of carboxylic acid groups (broad SMARTS) is 1. The Hall–Kier alpha value is -2.62. The van der Waals surface area contributed by atoms with Crippen molar-refractivity contribution >= 4 is 11.8 Å². The molecule has 0 aliphatic heterocycles. The van der Waals surface area contributed by atoms with E-state index in [0.717, 1.165) is 0 Å². The highest BCUT2D eigenvalue weighted by Gasteiger charge is 2.11. The molecule has 2 aromatic carbocycles. The third kappa shape index (κ3) is 9.41. The summed E-state index contributed by atoms with van der Waals surface area (Å²) in [6.45, 7) is 9.60. The van der Waals surface area contributed by atoms with Gasteiger partial charge < -0.3 is 10.2 Å². The Kier molecular flexibility index (Phi) is 15.1. The van der Waals surface area contributed by atoms with E-state index >= 15 is 0 Å². The average Bonchev–Trinajstić information content (AvgIpc) is 2.66. The zero-order valence-corrected chi connectivity index (χ0v) is 15.1. The van der Waals surface area contributed by atoms with Gasteiger partial charge >= 0.3 is 5.97 Å². The zero-order chi connectivity index (χ0) is 19.0. The van der Waals surface area contributed by atoms with Gasteiger partial charge in [-0.25, -0.2) is 0 Å². The fraction of sp³-hybridized carbons (Fsp3) is 0.300. The summed E-state index contributed by atoms with van der Waals surface area (Å²) in [5.74, 6) is -0.884. The van der Waals surface area contributed by atoms with Crippen molar-refractivity contribution in [2.45, 2.75) is 41.0 Å². The van der Waals surface area contributed by atoms with Crippen LogP contribution in [0.25, 0.3) is 0 Å². The summed E-state index contributed by atoms with van der Waals surface area (Å²) >= 11 is 0. The number of carbonyl (C=O) groups is 2. The number of carbonyl (C=O) groups excluding carboxylic acids is 1. The Morgan fingerprint density at radius 2 is 1.25 bits per heavy atom. The maximum absolute atomic E-state index is 11.9. The smallest absolute Gasteiger partial charge is 0.303 e. The second-order valence-electron chi connectivity index (χ2n) is 3.96. The summed E-state index contributed by atoms with van der Waals surface area (Å²) in [4.78, 5) is 21.3. The quantitative estimate of drug-likeness (QED) is 0.762. The first-order valence-corrected chi connectivity index (χ1v) is 8.15. The van der Waals surface area contributed by atoms with Crippen LogP contribution in [0.3, 0.4) is 0 Å². The van der Waals surface area contributed by atoms with Crippen LogP contribution in [0.5, 0.6) is 5.75 Å². The first-order chi connectivity index (χ1) is 11.6. The van der Waals surface area contributed by atoms with Crippen molar-refractivity contribution in [1.29, 1.82) is 0 Å². The zero-order valence-electron chi connectivity index (χ0n) is 15.1. The number of carboxylic acids is 1. The Bertz CT molecular complexity index is 577. The van der Waals surface area contributed by atoms with Crippen LogP contribution < -0.4 is 0 Å². The first kappa shape index (κ1) is 23.6. The lowest BCUT2D eigenvalue weighted by Gasteiger charge is -2.02. The van der Waals surface area contributed by atoms with Gasteiger partial charge in [-0.3, -0.25) is 9.59 Å². The third-order valence-corrected chi connectivity index (χ3v) is 2.49. The molecule has 2 rings (SSSR count). The fourth-order valence-corrected chi connectivity index (χ4v) is 1.41. The van der Waals surface area contributed by atoms with Crippen LogP contribution in [0.4, 0.5) is 0 Å². The molecule has 0 aromatic heterocycles. The number of aromatic hydroxyl groups is 1. The minimum absolute atomic E-state index is 0.0198. The Labute approximate surface area is 144 Å². The molecule has 0 amide bonds. The van der Waals surface area contributed by atoms with E-state index < -0.39 is 5.97 Å². The molecule has 0 bridgehead atoms. The molecule has 0 heterocycles. The number of aliphatic carboxylic acids is 1. The van der Waals surface area contributed by atoms with Gasteiger partial charge in [0.2, 0.25) is 0 Å². The van der Waals surface area contributed by atoms with Crippen molar-refractivity contribution in [1.82, 2.24) is 0 Å². The molecule has 0 atom stereocenters. The number of hydrogen-bond donors (Lipinski definition) is 2. The molecular formula is C20H28O4. The van der Waals surface area contributed by atoms with E-state index in [2.05, 4.69) is 0 Å². The molecule has 0 spiro atoms. The molecule has 4 nitrogen and oxygen atoms in total. The van der Waals surface area contributed by atoms with Gasteiger partial charge in [-0.05, 0) is 12.1 Å². The molecule has 0 unspecified atom stereocenters. The number of hydrogen-bond acceptors (Lipinski definition) is 3. The van der Waals surface area contributed by atoms with Crippen molar-refractivity contribution < 1.29 is 19.8 Å². The van der Waals surface area contributed by atoms with Crippen LogP contribution in [0.2, 0.25) is 0 Å². The number of rotatable bonds is 3. The lowest BCUT2D eigenvalue weighted by Crippen LogP contribution is -2.00. The summed E-state index contributed by atoms with van der Waals surface area (Å²) in [7, 11) is 0. The molecule has 2 aromatic rings. The predicted molar refractivity (Wildman–Crippen MR) is 98.6 cm³/mol. The largest absolute Gasteiger partial charge is 0.507 e. The molecule has 0 saturated heterocycles. The van der Waals surface area contributed by atoms with Crippen LogP contribution in [-0.4, -0.2) is 22.0 Å². The molecule has 0 aliphatic rings. The molecule has 0 fully saturated rings. The van der Waals surface area contributed by atoms with Gasteiger partial charge in [0.1, 0.15) is 5.75 Å². The summed E-state index contributed by atoms with van der Waals surface area (Å²) < 4.78 is 0. The minimum atomic E-state index is -0.745. The third-order valence-electron chi connectivity index (χ3n) is 2.49. The lowest BCUT2D eigenvalue weighted by atomic mass is 10.0. The Morgan fingerprint density at radius 1 is 0.833 bits per heavy atom. The summed E-state index contributed by atoms with van der Waals surface area (Å²) in [5.41, 5.74) is 0.919. The van der Waals surface area contributed by atoms with Crippen LogP contribution in [0.1, 0.15) is 57.0 Å². The Balaban J connectivity index is 0. The van der Waals surface area contributed by atoms with E-state index in [-0.39, 0.29) is 18.0 Å². The summed E-state index contributed by atoms with van der Waals surface area (Å²) in [5, 5.41) is 17.2. The van der Waals surface area contributed by atoms with E-state index in [1.54, 1.807) is 49.4 Å². The molecule has 132 valence electrons. The van der Waals surface area contributed by atoms with Gasteiger partial charge in [0, 0.05) is 12.0 Å². The van der Waals surface area contributed by atoms with Gasteiger partial charge in [0.05, 0.1) is 5.56 Å². The summed E-state index contributed by atoms with van der Waals surface area (Å²) in [6.07, 6.45) is 0.222. The van der Waals surface area contributed by atoms with E-state index in [1.807, 2.05) is 33.8 Å². The van der Waals surface area contributed by atoms with Gasteiger partial charge in [0.25, 0.3) is 0 Å². The average molecular weight is 332 g/mol. The highest BCUT2D eigenvalue weighted by atomic mass is 16.4. The molecule has 0 radical (unpaired) electrons. The van der Waals surface area contributed by atoms with Crippen molar-refractivity contribution in [3.05, 3.63) is 65.7 Å². The van der Waals surface area contributed by atoms with E-state index in [0.29, 0.717) is 11.1 Å². The molecule has 0 aliphatic carbocycles.